The summed E-state index contributed by atoms with van der Waals surface area (Å²) >= 11 is 0. The van der Waals surface area contributed by atoms with Crippen molar-refractivity contribution in [3.8, 4) is 0 Å². The molecule has 3 nitrogen and oxygen atoms in total. The summed E-state index contributed by atoms with van der Waals surface area (Å²) in [6.07, 6.45) is 5.58. The highest BCUT2D eigenvalue weighted by molar-refractivity contribution is 4.69. The van der Waals surface area contributed by atoms with Gasteiger partial charge < -0.3 is 16.4 Å². The molecular formula is C13H31N3. The van der Waals surface area contributed by atoms with Crippen molar-refractivity contribution < 1.29 is 0 Å². The Hall–Kier alpha value is -0.380. The normalized spacial score (nSPS) is 9.81. The van der Waals surface area contributed by atoms with Gasteiger partial charge in [0.1, 0.15) is 0 Å². The lowest BCUT2D eigenvalue weighted by Gasteiger charge is -2.02. The fourth-order valence-electron chi connectivity index (χ4n) is 0.910. The molecule has 0 aromatic carbocycles. The predicted molar refractivity (Wildman–Crippen MR) is 74.7 cm³/mol. The SMILES string of the molecule is C=CC(C)C.CNCCNCCCCCN. The van der Waals surface area contributed by atoms with E-state index < -0.39 is 0 Å². The minimum Gasteiger partial charge on any atom is -0.330 e. The van der Waals surface area contributed by atoms with Crippen LogP contribution < -0.4 is 16.4 Å². The van der Waals surface area contributed by atoms with Crippen LogP contribution in [0.2, 0.25) is 0 Å². The highest BCUT2D eigenvalue weighted by Crippen LogP contribution is 1.90. The number of likely N-dealkylation sites (N-methyl/N-ethyl adjacent to an activating group) is 1. The summed E-state index contributed by atoms with van der Waals surface area (Å²) in [6.45, 7) is 11.8. The summed E-state index contributed by atoms with van der Waals surface area (Å²) < 4.78 is 0. The van der Waals surface area contributed by atoms with Gasteiger partial charge in [0, 0.05) is 13.1 Å². The molecule has 0 aromatic heterocycles. The highest BCUT2D eigenvalue weighted by atomic mass is 14.9. The van der Waals surface area contributed by atoms with E-state index in [9.17, 15) is 0 Å². The standard InChI is InChI=1S/C8H21N3.C5H10/c1-10-7-8-11-6-4-2-3-5-9;1-4-5(2)3/h10-11H,2-9H2,1H3;4-5H,1H2,2-3H3. The number of nitrogens with one attached hydrogen (secondary N) is 2. The van der Waals surface area contributed by atoms with E-state index in [-0.39, 0.29) is 0 Å². The van der Waals surface area contributed by atoms with Crippen LogP contribution in [0.3, 0.4) is 0 Å². The second-order valence-electron chi connectivity index (χ2n) is 4.18. The Kier molecular flexibility index (Phi) is 19.2. The Labute approximate surface area is 102 Å². The van der Waals surface area contributed by atoms with Crippen LogP contribution in [-0.4, -0.2) is 33.2 Å². The molecule has 0 aliphatic carbocycles. The largest absolute Gasteiger partial charge is 0.330 e. The molecule has 0 spiro atoms. The average Bonchev–Trinajstić information content (AvgIpc) is 2.29. The average molecular weight is 229 g/mol. The third-order valence-corrected chi connectivity index (χ3v) is 2.08. The van der Waals surface area contributed by atoms with E-state index in [4.69, 9.17) is 5.73 Å². The Morgan fingerprint density at radius 2 is 1.75 bits per heavy atom. The molecule has 0 radical (unpaired) electrons. The molecule has 3 heteroatoms. The molecule has 4 N–H and O–H groups in total. The van der Waals surface area contributed by atoms with Crippen molar-refractivity contribution in [2.45, 2.75) is 33.1 Å². The first kappa shape index (κ1) is 18.0. The zero-order valence-electron chi connectivity index (χ0n) is 11.4. The number of rotatable bonds is 9. The van der Waals surface area contributed by atoms with Gasteiger partial charge in [0.15, 0.2) is 0 Å². The molecule has 0 unspecified atom stereocenters. The maximum absolute atomic E-state index is 5.36. The van der Waals surface area contributed by atoms with Gasteiger partial charge in [-0.2, -0.15) is 0 Å². The molecule has 0 aromatic rings. The second kappa shape index (κ2) is 17.0. The molecule has 0 atom stereocenters. The maximum atomic E-state index is 5.36. The number of allylic oxidation sites excluding steroid dienone is 1. The lowest BCUT2D eigenvalue weighted by molar-refractivity contribution is 0.594. The zero-order valence-corrected chi connectivity index (χ0v) is 11.4. The summed E-state index contributed by atoms with van der Waals surface area (Å²) in [7, 11) is 1.97. The van der Waals surface area contributed by atoms with E-state index in [0.29, 0.717) is 5.92 Å². The van der Waals surface area contributed by atoms with Crippen molar-refractivity contribution in [3.63, 3.8) is 0 Å². The topological polar surface area (TPSA) is 50.1 Å². The summed E-state index contributed by atoms with van der Waals surface area (Å²) in [4.78, 5) is 0. The second-order valence-corrected chi connectivity index (χ2v) is 4.18. The Balaban J connectivity index is 0. The van der Waals surface area contributed by atoms with E-state index in [1.807, 2.05) is 13.1 Å². The minimum absolute atomic E-state index is 0.648. The van der Waals surface area contributed by atoms with Gasteiger partial charge in [-0.25, -0.2) is 0 Å². The van der Waals surface area contributed by atoms with Crippen molar-refractivity contribution in [3.05, 3.63) is 12.7 Å². The van der Waals surface area contributed by atoms with Crippen LogP contribution in [0.15, 0.2) is 12.7 Å². The van der Waals surface area contributed by atoms with E-state index in [1.54, 1.807) is 0 Å². The van der Waals surface area contributed by atoms with Gasteiger partial charge in [-0.15, -0.1) is 6.58 Å². The van der Waals surface area contributed by atoms with Crippen molar-refractivity contribution in [1.29, 1.82) is 0 Å². The van der Waals surface area contributed by atoms with Crippen molar-refractivity contribution in [1.82, 2.24) is 10.6 Å². The van der Waals surface area contributed by atoms with Gasteiger partial charge >= 0.3 is 0 Å². The summed E-state index contributed by atoms with van der Waals surface area (Å²) in [5, 5.41) is 6.43. The summed E-state index contributed by atoms with van der Waals surface area (Å²) in [5.74, 6) is 0.648. The van der Waals surface area contributed by atoms with Gasteiger partial charge in [0.25, 0.3) is 0 Å². The summed E-state index contributed by atoms with van der Waals surface area (Å²) in [5.41, 5.74) is 5.36. The smallest absolute Gasteiger partial charge is 0.00766 e. The minimum atomic E-state index is 0.648. The molecule has 0 aliphatic rings. The van der Waals surface area contributed by atoms with Crippen LogP contribution in [0.25, 0.3) is 0 Å². The molecule has 98 valence electrons. The molecule has 0 rings (SSSR count). The quantitative estimate of drug-likeness (QED) is 0.417. The molecule has 0 saturated carbocycles. The molecule has 0 saturated heterocycles. The first-order valence-electron chi connectivity index (χ1n) is 6.37. The first-order valence-corrected chi connectivity index (χ1v) is 6.37. The molecule has 0 bridgehead atoms. The number of hydrogen-bond acceptors (Lipinski definition) is 3. The van der Waals surface area contributed by atoms with Crippen LogP contribution in [0.1, 0.15) is 33.1 Å². The van der Waals surface area contributed by atoms with Crippen LogP contribution >= 0.6 is 0 Å². The monoisotopic (exact) mass is 229 g/mol. The van der Waals surface area contributed by atoms with E-state index in [1.165, 1.54) is 12.8 Å². The molecule has 0 heterocycles. The fraction of sp³-hybridized carbons (Fsp3) is 0.846. The molecular weight excluding hydrogens is 198 g/mol. The van der Waals surface area contributed by atoms with Crippen LogP contribution in [0.5, 0.6) is 0 Å². The maximum Gasteiger partial charge on any atom is 0.00766 e. The van der Waals surface area contributed by atoms with Crippen LogP contribution in [-0.2, 0) is 0 Å². The van der Waals surface area contributed by atoms with E-state index in [2.05, 4.69) is 31.1 Å². The van der Waals surface area contributed by atoms with Crippen molar-refractivity contribution in [2.75, 3.05) is 33.2 Å². The molecule has 0 amide bonds. The predicted octanol–water partition coefficient (Wildman–Crippen LogP) is 1.75. The summed E-state index contributed by atoms with van der Waals surface area (Å²) in [6, 6.07) is 0. The van der Waals surface area contributed by atoms with E-state index in [0.717, 1.165) is 32.6 Å². The van der Waals surface area contributed by atoms with Gasteiger partial charge in [-0.3, -0.25) is 0 Å². The van der Waals surface area contributed by atoms with E-state index >= 15 is 0 Å². The van der Waals surface area contributed by atoms with Crippen molar-refractivity contribution >= 4 is 0 Å². The zero-order chi connectivity index (χ0) is 12.6. The number of unbranched alkanes of at least 4 members (excludes halogenated alkanes) is 2. The number of nitrogens with two attached hydrogens (primary N) is 1. The fourth-order valence-corrected chi connectivity index (χ4v) is 0.910. The van der Waals surface area contributed by atoms with Gasteiger partial charge in [0.05, 0.1) is 0 Å². The molecule has 0 fully saturated rings. The first-order chi connectivity index (χ1) is 7.68. The van der Waals surface area contributed by atoms with Crippen LogP contribution in [0, 0.1) is 5.92 Å². The highest BCUT2D eigenvalue weighted by Gasteiger charge is 1.86. The van der Waals surface area contributed by atoms with Gasteiger partial charge in [-0.05, 0) is 38.9 Å². The van der Waals surface area contributed by atoms with Gasteiger partial charge in [-0.1, -0.05) is 26.3 Å². The third kappa shape index (κ3) is 23.4. The van der Waals surface area contributed by atoms with Crippen LogP contribution in [0.4, 0.5) is 0 Å². The Morgan fingerprint density at radius 3 is 2.19 bits per heavy atom. The molecule has 16 heavy (non-hydrogen) atoms. The molecule has 0 aliphatic heterocycles. The number of hydrogen-bond donors (Lipinski definition) is 3. The Morgan fingerprint density at radius 1 is 1.12 bits per heavy atom. The van der Waals surface area contributed by atoms with Crippen molar-refractivity contribution in [2.24, 2.45) is 11.7 Å². The Bertz CT molecular complexity index is 116. The van der Waals surface area contributed by atoms with Gasteiger partial charge in [0.2, 0.25) is 0 Å². The lowest BCUT2D eigenvalue weighted by Crippen LogP contribution is -2.25. The lowest BCUT2D eigenvalue weighted by atomic mass is 10.2. The third-order valence-electron chi connectivity index (χ3n) is 2.08.